The third-order valence-electron chi connectivity index (χ3n) is 4.19. The smallest absolute Gasteiger partial charge is 0.290 e. The molecule has 0 aliphatic heterocycles. The first-order valence-corrected chi connectivity index (χ1v) is 8.08. The van der Waals surface area contributed by atoms with Crippen molar-refractivity contribution in [2.24, 2.45) is 5.41 Å². The van der Waals surface area contributed by atoms with Crippen molar-refractivity contribution in [3.63, 3.8) is 0 Å². The SMILES string of the molecule is Cc1cc(C(=O)NNC(=O)c2cc3c([nH]c2=O)CC(C)(C)CC3=O)n[nH]1. The summed E-state index contributed by atoms with van der Waals surface area (Å²) in [5.41, 5.74) is 4.90. The first kappa shape index (κ1) is 17.6. The second-order valence-corrected chi connectivity index (χ2v) is 7.19. The molecule has 136 valence electrons. The van der Waals surface area contributed by atoms with Crippen molar-refractivity contribution in [3.8, 4) is 0 Å². The molecule has 2 aromatic rings. The van der Waals surface area contributed by atoms with Crippen LogP contribution in [0.1, 0.15) is 62.9 Å². The fraction of sp³-hybridized carbons (Fsp3) is 0.353. The predicted octanol–water partition coefficient (Wildman–Crippen LogP) is 0.636. The van der Waals surface area contributed by atoms with Gasteiger partial charge in [-0.3, -0.25) is 35.1 Å². The lowest BCUT2D eigenvalue weighted by Gasteiger charge is -2.29. The Morgan fingerprint density at radius 1 is 1.12 bits per heavy atom. The summed E-state index contributed by atoms with van der Waals surface area (Å²) in [7, 11) is 0. The molecule has 9 nitrogen and oxygen atoms in total. The van der Waals surface area contributed by atoms with E-state index in [2.05, 4.69) is 26.0 Å². The highest BCUT2D eigenvalue weighted by molar-refractivity contribution is 6.02. The molecule has 2 aromatic heterocycles. The molecule has 1 aliphatic rings. The van der Waals surface area contributed by atoms with Crippen molar-refractivity contribution in [2.45, 2.75) is 33.6 Å². The fourth-order valence-electron chi connectivity index (χ4n) is 2.98. The van der Waals surface area contributed by atoms with Crippen LogP contribution in [0.4, 0.5) is 0 Å². The number of rotatable bonds is 2. The number of hydrogen-bond acceptors (Lipinski definition) is 5. The molecule has 2 heterocycles. The van der Waals surface area contributed by atoms with Gasteiger partial charge in [0.1, 0.15) is 5.56 Å². The highest BCUT2D eigenvalue weighted by atomic mass is 16.2. The largest absolute Gasteiger partial charge is 0.325 e. The molecule has 0 spiro atoms. The number of aromatic amines is 2. The minimum absolute atomic E-state index is 0.0968. The number of fused-ring (bicyclic) bond motifs is 1. The van der Waals surface area contributed by atoms with Gasteiger partial charge in [0.25, 0.3) is 17.4 Å². The normalized spacial score (nSPS) is 15.3. The second-order valence-electron chi connectivity index (χ2n) is 7.19. The fourth-order valence-corrected chi connectivity index (χ4v) is 2.98. The highest BCUT2D eigenvalue weighted by Gasteiger charge is 2.32. The average Bonchev–Trinajstić information content (AvgIpc) is 2.97. The number of ketones is 1. The number of aryl methyl sites for hydroxylation is 1. The molecule has 0 fully saturated rings. The Bertz CT molecular complexity index is 970. The van der Waals surface area contributed by atoms with E-state index in [4.69, 9.17) is 0 Å². The Labute approximate surface area is 148 Å². The molecule has 3 rings (SSSR count). The van der Waals surface area contributed by atoms with Crippen LogP contribution in [0.25, 0.3) is 0 Å². The Morgan fingerprint density at radius 3 is 2.46 bits per heavy atom. The molecule has 0 saturated carbocycles. The standard InChI is InChI=1S/C17H19N5O4/c1-8-4-11(20-19-8)16(26)22-21-15(25)10-5-9-12(18-14(10)24)6-17(2,3)7-13(9)23/h4-5H,6-7H2,1-3H3,(H,18,24)(H,19,20)(H,21,25)(H,22,26). The van der Waals surface area contributed by atoms with Crippen LogP contribution in [0.15, 0.2) is 16.9 Å². The van der Waals surface area contributed by atoms with Gasteiger partial charge in [0, 0.05) is 23.4 Å². The molecular formula is C17H19N5O4. The van der Waals surface area contributed by atoms with E-state index in [1.165, 1.54) is 12.1 Å². The molecular weight excluding hydrogens is 338 g/mol. The number of nitrogens with zero attached hydrogens (tertiary/aromatic N) is 1. The number of carbonyl (C=O) groups is 3. The lowest BCUT2D eigenvalue weighted by Crippen LogP contribution is -2.44. The van der Waals surface area contributed by atoms with Crippen molar-refractivity contribution in [3.05, 3.63) is 50.7 Å². The topological polar surface area (TPSA) is 137 Å². The molecule has 1 aliphatic carbocycles. The Kier molecular flexibility index (Phi) is 4.23. The van der Waals surface area contributed by atoms with Crippen LogP contribution in [0.3, 0.4) is 0 Å². The third-order valence-corrected chi connectivity index (χ3v) is 4.19. The molecule has 4 N–H and O–H groups in total. The lowest BCUT2D eigenvalue weighted by atomic mass is 9.75. The van der Waals surface area contributed by atoms with E-state index in [1.54, 1.807) is 6.92 Å². The van der Waals surface area contributed by atoms with Crippen molar-refractivity contribution < 1.29 is 14.4 Å². The maximum Gasteiger partial charge on any atom is 0.290 e. The van der Waals surface area contributed by atoms with Crippen molar-refractivity contribution in [1.82, 2.24) is 26.0 Å². The second kappa shape index (κ2) is 6.25. The maximum atomic E-state index is 12.3. The predicted molar refractivity (Wildman–Crippen MR) is 91.8 cm³/mol. The van der Waals surface area contributed by atoms with Gasteiger partial charge in [-0.05, 0) is 30.9 Å². The number of hydrogen-bond donors (Lipinski definition) is 4. The van der Waals surface area contributed by atoms with Gasteiger partial charge in [-0.2, -0.15) is 5.10 Å². The zero-order valence-electron chi connectivity index (χ0n) is 14.6. The van der Waals surface area contributed by atoms with Gasteiger partial charge in [-0.1, -0.05) is 13.8 Å². The number of amides is 2. The quantitative estimate of drug-likeness (QED) is 0.585. The van der Waals surface area contributed by atoms with Gasteiger partial charge < -0.3 is 4.98 Å². The lowest BCUT2D eigenvalue weighted by molar-refractivity contribution is 0.0842. The molecule has 0 radical (unpaired) electrons. The van der Waals surface area contributed by atoms with E-state index in [0.29, 0.717) is 29.8 Å². The number of carbonyl (C=O) groups excluding carboxylic acids is 3. The summed E-state index contributed by atoms with van der Waals surface area (Å²) in [6, 6.07) is 2.79. The minimum Gasteiger partial charge on any atom is -0.325 e. The van der Waals surface area contributed by atoms with Gasteiger partial charge in [-0.15, -0.1) is 0 Å². The molecule has 0 bridgehead atoms. The molecule has 0 unspecified atom stereocenters. The Morgan fingerprint density at radius 2 is 1.81 bits per heavy atom. The Hall–Kier alpha value is -3.23. The minimum atomic E-state index is -0.813. The van der Waals surface area contributed by atoms with E-state index in [-0.39, 0.29) is 22.5 Å². The zero-order valence-corrected chi connectivity index (χ0v) is 14.6. The van der Waals surface area contributed by atoms with Crippen molar-refractivity contribution in [2.75, 3.05) is 0 Å². The van der Waals surface area contributed by atoms with E-state index in [1.807, 2.05) is 13.8 Å². The number of Topliss-reactive ketones (excluding diaryl/α,β-unsaturated/α-hetero) is 1. The molecule has 0 atom stereocenters. The Balaban J connectivity index is 1.78. The number of nitrogens with one attached hydrogen (secondary N) is 4. The van der Waals surface area contributed by atoms with Crippen LogP contribution in [0.5, 0.6) is 0 Å². The van der Waals surface area contributed by atoms with E-state index in [0.717, 1.165) is 0 Å². The summed E-state index contributed by atoms with van der Waals surface area (Å²) < 4.78 is 0. The zero-order chi connectivity index (χ0) is 19.1. The summed E-state index contributed by atoms with van der Waals surface area (Å²) >= 11 is 0. The highest BCUT2D eigenvalue weighted by Crippen LogP contribution is 2.33. The molecule has 9 heteroatoms. The molecule has 2 amide bonds. The van der Waals surface area contributed by atoms with Crippen LogP contribution >= 0.6 is 0 Å². The molecule has 26 heavy (non-hydrogen) atoms. The van der Waals surface area contributed by atoms with Crippen molar-refractivity contribution in [1.29, 1.82) is 0 Å². The van der Waals surface area contributed by atoms with Crippen LogP contribution in [0.2, 0.25) is 0 Å². The van der Waals surface area contributed by atoms with Crippen LogP contribution in [-0.2, 0) is 6.42 Å². The van der Waals surface area contributed by atoms with Gasteiger partial charge in [0.2, 0.25) is 0 Å². The molecule has 0 saturated heterocycles. The van der Waals surface area contributed by atoms with Crippen LogP contribution < -0.4 is 16.4 Å². The first-order valence-electron chi connectivity index (χ1n) is 8.08. The van der Waals surface area contributed by atoms with E-state index >= 15 is 0 Å². The first-order chi connectivity index (χ1) is 12.2. The molecule has 0 aromatic carbocycles. The van der Waals surface area contributed by atoms with Gasteiger partial charge in [0.15, 0.2) is 11.5 Å². The third kappa shape index (κ3) is 3.41. The summed E-state index contributed by atoms with van der Waals surface area (Å²) in [4.78, 5) is 51.3. The van der Waals surface area contributed by atoms with Gasteiger partial charge in [-0.25, -0.2) is 0 Å². The number of hydrazine groups is 1. The monoisotopic (exact) mass is 357 g/mol. The summed E-state index contributed by atoms with van der Waals surface area (Å²) in [5, 5.41) is 6.37. The van der Waals surface area contributed by atoms with E-state index in [9.17, 15) is 19.2 Å². The average molecular weight is 357 g/mol. The van der Waals surface area contributed by atoms with E-state index < -0.39 is 17.4 Å². The van der Waals surface area contributed by atoms with Gasteiger partial charge in [0.05, 0.1) is 0 Å². The summed E-state index contributed by atoms with van der Waals surface area (Å²) in [6.45, 7) is 5.62. The maximum absolute atomic E-state index is 12.3. The summed E-state index contributed by atoms with van der Waals surface area (Å²) in [6.07, 6.45) is 0.878. The number of aromatic nitrogens is 3. The van der Waals surface area contributed by atoms with Crippen LogP contribution in [0, 0.1) is 12.3 Å². The summed E-state index contributed by atoms with van der Waals surface area (Å²) in [5.74, 6) is -1.57. The number of pyridine rings is 1. The van der Waals surface area contributed by atoms with Crippen LogP contribution in [-0.4, -0.2) is 32.8 Å². The van der Waals surface area contributed by atoms with Gasteiger partial charge >= 0.3 is 0 Å². The van der Waals surface area contributed by atoms with Crippen molar-refractivity contribution >= 4 is 17.6 Å². The number of H-pyrrole nitrogens is 2.